The van der Waals surface area contributed by atoms with Gasteiger partial charge in [0.2, 0.25) is 0 Å². The van der Waals surface area contributed by atoms with Gasteiger partial charge < -0.3 is 18.9 Å². The number of benzene rings is 2. The van der Waals surface area contributed by atoms with E-state index < -0.39 is 0 Å². The predicted molar refractivity (Wildman–Crippen MR) is 110 cm³/mol. The van der Waals surface area contributed by atoms with Crippen LogP contribution in [0.2, 0.25) is 0 Å². The highest BCUT2D eigenvalue weighted by atomic mass is 16.5. The highest BCUT2D eigenvalue weighted by Gasteiger charge is 2.04. The second-order valence-corrected chi connectivity index (χ2v) is 6.71. The minimum absolute atomic E-state index is 0.859. The third kappa shape index (κ3) is 7.05. The van der Waals surface area contributed by atoms with Crippen molar-refractivity contribution in [2.24, 2.45) is 0 Å². The molecule has 0 bridgehead atoms. The van der Waals surface area contributed by atoms with Gasteiger partial charge in [0.1, 0.15) is 23.0 Å². The molecule has 0 aliphatic heterocycles. The Hall–Kier alpha value is -2.36. The second-order valence-electron chi connectivity index (χ2n) is 6.71. The van der Waals surface area contributed by atoms with Crippen LogP contribution in [0.25, 0.3) is 0 Å². The number of rotatable bonds is 12. The van der Waals surface area contributed by atoms with Crippen LogP contribution >= 0.6 is 0 Å². The SMILES string of the molecule is COc1cc(CCCCCCCc2cc(OC)cc(OC)c2)cc(OC)c1. The van der Waals surface area contributed by atoms with E-state index in [1.807, 2.05) is 12.1 Å². The molecule has 0 saturated carbocycles. The number of hydrogen-bond donors (Lipinski definition) is 0. The van der Waals surface area contributed by atoms with Gasteiger partial charge >= 0.3 is 0 Å². The van der Waals surface area contributed by atoms with Crippen LogP contribution in [-0.4, -0.2) is 28.4 Å². The summed E-state index contributed by atoms with van der Waals surface area (Å²) in [5.74, 6) is 3.44. The summed E-state index contributed by atoms with van der Waals surface area (Å²) < 4.78 is 21.3. The maximum absolute atomic E-state index is 5.33. The van der Waals surface area contributed by atoms with Crippen molar-refractivity contribution in [1.82, 2.24) is 0 Å². The Kier molecular flexibility index (Phi) is 8.82. The molecular weight excluding hydrogens is 340 g/mol. The van der Waals surface area contributed by atoms with Gasteiger partial charge in [-0.1, -0.05) is 19.3 Å². The summed E-state index contributed by atoms with van der Waals surface area (Å²) in [4.78, 5) is 0. The topological polar surface area (TPSA) is 36.9 Å². The Labute approximate surface area is 163 Å². The largest absolute Gasteiger partial charge is 0.497 e. The maximum atomic E-state index is 5.33. The average Bonchev–Trinajstić information content (AvgIpc) is 2.72. The standard InChI is InChI=1S/C23H32O4/c1-24-20-12-18(13-21(16-20)25-2)10-8-6-5-7-9-11-19-14-22(26-3)17-23(15-19)27-4/h12-17H,5-11H2,1-4H3. The lowest BCUT2D eigenvalue weighted by Gasteiger charge is -2.09. The first-order chi connectivity index (χ1) is 13.2. The van der Waals surface area contributed by atoms with Gasteiger partial charge in [0.25, 0.3) is 0 Å². The smallest absolute Gasteiger partial charge is 0.122 e. The molecule has 0 aromatic heterocycles. The predicted octanol–water partition coefficient (Wildman–Crippen LogP) is 5.46. The third-order valence-electron chi connectivity index (χ3n) is 4.75. The van der Waals surface area contributed by atoms with Crippen molar-refractivity contribution in [1.29, 1.82) is 0 Å². The van der Waals surface area contributed by atoms with Gasteiger partial charge in [-0.25, -0.2) is 0 Å². The summed E-state index contributed by atoms with van der Waals surface area (Å²) in [5.41, 5.74) is 2.55. The number of hydrogen-bond acceptors (Lipinski definition) is 4. The van der Waals surface area contributed by atoms with Crippen molar-refractivity contribution in [2.75, 3.05) is 28.4 Å². The van der Waals surface area contributed by atoms with Crippen molar-refractivity contribution in [3.05, 3.63) is 47.5 Å². The summed E-state index contributed by atoms with van der Waals surface area (Å²) >= 11 is 0. The normalized spacial score (nSPS) is 10.5. The van der Waals surface area contributed by atoms with Crippen LogP contribution in [-0.2, 0) is 12.8 Å². The lowest BCUT2D eigenvalue weighted by molar-refractivity contribution is 0.393. The van der Waals surface area contributed by atoms with Crippen molar-refractivity contribution in [2.45, 2.75) is 44.9 Å². The van der Waals surface area contributed by atoms with Crippen molar-refractivity contribution in [3.63, 3.8) is 0 Å². The summed E-state index contributed by atoms with van der Waals surface area (Å²) in [6.07, 6.45) is 8.21. The van der Waals surface area contributed by atoms with Gasteiger partial charge in [-0.05, 0) is 61.1 Å². The fourth-order valence-electron chi connectivity index (χ4n) is 3.21. The Morgan fingerprint density at radius 1 is 0.444 bits per heavy atom. The van der Waals surface area contributed by atoms with Crippen molar-refractivity contribution in [3.8, 4) is 23.0 Å². The number of ether oxygens (including phenoxy) is 4. The van der Waals surface area contributed by atoms with E-state index in [2.05, 4.69) is 24.3 Å². The molecule has 0 fully saturated rings. The molecule has 4 heteroatoms. The molecule has 2 aromatic rings. The molecule has 0 saturated heterocycles. The van der Waals surface area contributed by atoms with E-state index in [4.69, 9.17) is 18.9 Å². The molecule has 0 N–H and O–H groups in total. The highest BCUT2D eigenvalue weighted by molar-refractivity contribution is 5.39. The molecule has 0 spiro atoms. The summed E-state index contributed by atoms with van der Waals surface area (Å²) in [5, 5.41) is 0. The highest BCUT2D eigenvalue weighted by Crippen LogP contribution is 2.25. The summed E-state index contributed by atoms with van der Waals surface area (Å²) in [6, 6.07) is 12.2. The fraction of sp³-hybridized carbons (Fsp3) is 0.478. The van der Waals surface area contributed by atoms with Crippen LogP contribution in [0, 0.1) is 0 Å². The van der Waals surface area contributed by atoms with Crippen LogP contribution < -0.4 is 18.9 Å². The Balaban J connectivity index is 1.68. The zero-order valence-corrected chi connectivity index (χ0v) is 17.0. The van der Waals surface area contributed by atoms with E-state index in [0.29, 0.717) is 0 Å². The van der Waals surface area contributed by atoms with Gasteiger partial charge in [-0.3, -0.25) is 0 Å². The molecule has 0 radical (unpaired) electrons. The Morgan fingerprint density at radius 2 is 0.741 bits per heavy atom. The quantitative estimate of drug-likeness (QED) is 0.464. The van der Waals surface area contributed by atoms with Crippen LogP contribution in [0.1, 0.15) is 43.2 Å². The van der Waals surface area contributed by atoms with E-state index in [9.17, 15) is 0 Å². The molecule has 0 heterocycles. The zero-order chi connectivity index (χ0) is 19.5. The first kappa shape index (κ1) is 20.9. The molecule has 27 heavy (non-hydrogen) atoms. The lowest BCUT2D eigenvalue weighted by atomic mass is 10.0. The van der Waals surface area contributed by atoms with Gasteiger partial charge in [0.05, 0.1) is 28.4 Å². The average molecular weight is 373 g/mol. The minimum atomic E-state index is 0.859. The monoisotopic (exact) mass is 372 g/mol. The molecule has 0 aliphatic carbocycles. The third-order valence-corrected chi connectivity index (χ3v) is 4.75. The van der Waals surface area contributed by atoms with Gasteiger partial charge in [-0.2, -0.15) is 0 Å². The minimum Gasteiger partial charge on any atom is -0.497 e. The first-order valence-corrected chi connectivity index (χ1v) is 9.62. The van der Waals surface area contributed by atoms with E-state index in [1.54, 1.807) is 28.4 Å². The second kappa shape index (κ2) is 11.4. The lowest BCUT2D eigenvalue weighted by Crippen LogP contribution is -1.93. The van der Waals surface area contributed by atoms with E-state index in [1.165, 1.54) is 43.2 Å². The van der Waals surface area contributed by atoms with Crippen LogP contribution in [0.4, 0.5) is 0 Å². The molecule has 2 aromatic carbocycles. The molecule has 0 unspecified atom stereocenters. The Morgan fingerprint density at radius 3 is 1.04 bits per heavy atom. The molecular formula is C23H32O4. The number of unbranched alkanes of at least 4 members (excludes halogenated alkanes) is 4. The molecule has 4 nitrogen and oxygen atoms in total. The summed E-state index contributed by atoms with van der Waals surface area (Å²) in [7, 11) is 6.76. The molecule has 0 amide bonds. The van der Waals surface area contributed by atoms with Crippen molar-refractivity contribution < 1.29 is 18.9 Å². The Bertz CT molecular complexity index is 593. The van der Waals surface area contributed by atoms with Crippen LogP contribution in [0.5, 0.6) is 23.0 Å². The maximum Gasteiger partial charge on any atom is 0.122 e. The first-order valence-electron chi connectivity index (χ1n) is 9.62. The van der Waals surface area contributed by atoms with Gasteiger partial charge in [0, 0.05) is 12.1 Å². The van der Waals surface area contributed by atoms with E-state index in [-0.39, 0.29) is 0 Å². The van der Waals surface area contributed by atoms with Crippen molar-refractivity contribution >= 4 is 0 Å². The fourth-order valence-corrected chi connectivity index (χ4v) is 3.21. The zero-order valence-electron chi connectivity index (χ0n) is 17.0. The molecule has 0 aliphatic rings. The summed E-state index contributed by atoms with van der Waals surface area (Å²) in [6.45, 7) is 0. The molecule has 2 rings (SSSR count). The number of methoxy groups -OCH3 is 4. The molecule has 148 valence electrons. The van der Waals surface area contributed by atoms with E-state index in [0.717, 1.165) is 35.8 Å². The van der Waals surface area contributed by atoms with Crippen LogP contribution in [0.3, 0.4) is 0 Å². The van der Waals surface area contributed by atoms with Gasteiger partial charge in [-0.15, -0.1) is 0 Å². The van der Waals surface area contributed by atoms with E-state index >= 15 is 0 Å². The number of aryl methyl sites for hydroxylation is 2. The van der Waals surface area contributed by atoms with Crippen LogP contribution in [0.15, 0.2) is 36.4 Å². The van der Waals surface area contributed by atoms with Gasteiger partial charge in [0.15, 0.2) is 0 Å². The molecule has 0 atom stereocenters.